The predicted octanol–water partition coefficient (Wildman–Crippen LogP) is 1.52. The molecule has 2 aromatic heterocycles. The molecule has 0 aliphatic heterocycles. The maximum Gasteiger partial charge on any atom is 0.270 e. The highest BCUT2D eigenvalue weighted by Gasteiger charge is 2.11. The molecule has 20 heavy (non-hydrogen) atoms. The van der Waals surface area contributed by atoms with E-state index in [0.29, 0.717) is 29.5 Å². The Morgan fingerprint density at radius 2 is 2.15 bits per heavy atom. The van der Waals surface area contributed by atoms with E-state index in [0.717, 1.165) is 6.42 Å². The van der Waals surface area contributed by atoms with E-state index in [2.05, 4.69) is 20.3 Å². The fourth-order valence-electron chi connectivity index (χ4n) is 1.30. The number of carbonyl (C=O) groups is 1. The van der Waals surface area contributed by atoms with E-state index >= 15 is 0 Å². The topological polar surface area (TPSA) is 93.8 Å². The molecule has 110 valence electrons. The van der Waals surface area contributed by atoms with Gasteiger partial charge in [-0.2, -0.15) is 0 Å². The van der Waals surface area contributed by atoms with Gasteiger partial charge in [-0.05, 0) is 13.0 Å². The number of hydrogen-bond donors (Lipinski definition) is 2. The van der Waals surface area contributed by atoms with E-state index in [1.54, 1.807) is 24.0 Å². The molecule has 2 rings (SSSR count). The first-order valence-corrected chi connectivity index (χ1v) is 6.39. The third-order valence-corrected chi connectivity index (χ3v) is 3.05. The average Bonchev–Trinajstić information content (AvgIpc) is 2.89. The molecule has 0 bridgehead atoms. The molecule has 3 N–H and O–H groups in total. The molecule has 0 aliphatic carbocycles. The molecule has 0 saturated carbocycles. The standard InChI is InChI=1S/C11H13N5OS.2ClH/c12-2-1-3-15-10(17)9-7-18-11(16-9)8-6-13-4-5-14-8;;/h4-7H,1-3,12H2,(H,15,17);2*1H. The minimum Gasteiger partial charge on any atom is -0.351 e. The number of halogens is 2. The van der Waals surface area contributed by atoms with Crippen molar-refractivity contribution in [1.29, 1.82) is 0 Å². The lowest BCUT2D eigenvalue weighted by Gasteiger charge is -2.00. The van der Waals surface area contributed by atoms with Gasteiger partial charge in [-0.25, -0.2) is 4.98 Å². The van der Waals surface area contributed by atoms with Crippen LogP contribution in [0.4, 0.5) is 0 Å². The summed E-state index contributed by atoms with van der Waals surface area (Å²) in [6.07, 6.45) is 5.57. The van der Waals surface area contributed by atoms with Crippen molar-refractivity contribution < 1.29 is 4.79 Å². The Bertz CT molecular complexity index is 523. The molecule has 2 aromatic rings. The SMILES string of the molecule is Cl.Cl.NCCCNC(=O)c1csc(-c2cnccn2)n1. The second-order valence-electron chi connectivity index (χ2n) is 3.53. The fraction of sp³-hybridized carbons (Fsp3) is 0.273. The predicted molar refractivity (Wildman–Crippen MR) is 83.6 cm³/mol. The highest BCUT2D eigenvalue weighted by Crippen LogP contribution is 2.20. The summed E-state index contributed by atoms with van der Waals surface area (Å²) < 4.78 is 0. The molecule has 0 aromatic carbocycles. The zero-order valence-corrected chi connectivity index (χ0v) is 12.9. The van der Waals surface area contributed by atoms with E-state index in [1.165, 1.54) is 11.3 Å². The van der Waals surface area contributed by atoms with E-state index in [1.807, 2.05) is 0 Å². The first-order valence-electron chi connectivity index (χ1n) is 5.51. The lowest BCUT2D eigenvalue weighted by molar-refractivity contribution is 0.0949. The van der Waals surface area contributed by atoms with Crippen LogP contribution in [0.2, 0.25) is 0 Å². The summed E-state index contributed by atoms with van der Waals surface area (Å²) in [7, 11) is 0. The van der Waals surface area contributed by atoms with Gasteiger partial charge in [-0.3, -0.25) is 14.8 Å². The zero-order valence-electron chi connectivity index (χ0n) is 10.5. The maximum absolute atomic E-state index is 11.7. The van der Waals surface area contributed by atoms with Crippen molar-refractivity contribution in [1.82, 2.24) is 20.3 Å². The van der Waals surface area contributed by atoms with E-state index in [-0.39, 0.29) is 30.7 Å². The first kappa shape index (κ1) is 18.7. The molecular formula is C11H15Cl2N5OS. The van der Waals surface area contributed by atoms with Gasteiger partial charge in [0.2, 0.25) is 0 Å². The zero-order chi connectivity index (χ0) is 12.8. The minimum atomic E-state index is -0.185. The first-order chi connectivity index (χ1) is 8.81. The van der Waals surface area contributed by atoms with Gasteiger partial charge < -0.3 is 11.1 Å². The number of nitrogens with two attached hydrogens (primary N) is 1. The van der Waals surface area contributed by atoms with E-state index in [9.17, 15) is 4.79 Å². The molecule has 0 radical (unpaired) electrons. The summed E-state index contributed by atoms with van der Waals surface area (Å²) in [4.78, 5) is 24.1. The maximum atomic E-state index is 11.7. The van der Waals surface area contributed by atoms with Gasteiger partial charge in [-0.1, -0.05) is 0 Å². The van der Waals surface area contributed by atoms with Crippen LogP contribution in [0.5, 0.6) is 0 Å². The Kier molecular flexibility index (Phi) is 8.98. The van der Waals surface area contributed by atoms with Crippen LogP contribution in [-0.2, 0) is 0 Å². The van der Waals surface area contributed by atoms with Crippen LogP contribution < -0.4 is 11.1 Å². The van der Waals surface area contributed by atoms with Crippen molar-refractivity contribution in [3.63, 3.8) is 0 Å². The molecule has 2 heterocycles. The van der Waals surface area contributed by atoms with Gasteiger partial charge in [0.1, 0.15) is 16.4 Å². The highest BCUT2D eigenvalue weighted by atomic mass is 35.5. The third-order valence-electron chi connectivity index (χ3n) is 2.19. The van der Waals surface area contributed by atoms with Crippen LogP contribution in [0.15, 0.2) is 24.0 Å². The summed E-state index contributed by atoms with van der Waals surface area (Å²) in [6.45, 7) is 1.12. The molecule has 1 amide bonds. The summed E-state index contributed by atoms with van der Waals surface area (Å²) in [6, 6.07) is 0. The molecule has 0 saturated heterocycles. The van der Waals surface area contributed by atoms with Gasteiger partial charge >= 0.3 is 0 Å². The lowest BCUT2D eigenvalue weighted by Crippen LogP contribution is -2.26. The van der Waals surface area contributed by atoms with Gasteiger partial charge in [0.25, 0.3) is 5.91 Å². The summed E-state index contributed by atoms with van der Waals surface area (Å²) in [5, 5.41) is 5.15. The van der Waals surface area contributed by atoms with Gasteiger partial charge in [0.15, 0.2) is 0 Å². The van der Waals surface area contributed by atoms with Crippen LogP contribution in [0, 0.1) is 0 Å². The number of nitrogens with zero attached hydrogens (tertiary/aromatic N) is 3. The van der Waals surface area contributed by atoms with Crippen LogP contribution in [0.25, 0.3) is 10.7 Å². The fourth-order valence-corrected chi connectivity index (χ4v) is 2.06. The van der Waals surface area contributed by atoms with Crippen molar-refractivity contribution in [2.75, 3.05) is 13.1 Å². The normalized spacial score (nSPS) is 9.25. The van der Waals surface area contributed by atoms with Crippen molar-refractivity contribution >= 4 is 42.1 Å². The molecule has 0 atom stereocenters. The number of nitrogens with one attached hydrogen (secondary N) is 1. The molecule has 0 fully saturated rings. The Hall–Kier alpha value is -1.28. The highest BCUT2D eigenvalue weighted by molar-refractivity contribution is 7.13. The number of thiazole rings is 1. The van der Waals surface area contributed by atoms with Crippen molar-refractivity contribution in [2.24, 2.45) is 5.73 Å². The Morgan fingerprint density at radius 3 is 2.80 bits per heavy atom. The number of rotatable bonds is 5. The monoisotopic (exact) mass is 335 g/mol. The van der Waals surface area contributed by atoms with Crippen molar-refractivity contribution in [3.8, 4) is 10.7 Å². The third kappa shape index (κ3) is 5.01. The number of carbonyl (C=O) groups excluding carboxylic acids is 1. The largest absolute Gasteiger partial charge is 0.351 e. The number of aromatic nitrogens is 3. The number of amides is 1. The van der Waals surface area contributed by atoms with Crippen molar-refractivity contribution in [3.05, 3.63) is 29.7 Å². The quantitative estimate of drug-likeness (QED) is 0.808. The van der Waals surface area contributed by atoms with E-state index < -0.39 is 0 Å². The average molecular weight is 336 g/mol. The molecular weight excluding hydrogens is 321 g/mol. The Balaban J connectivity index is 0.00000180. The summed E-state index contributed by atoms with van der Waals surface area (Å²) in [5.74, 6) is -0.185. The minimum absolute atomic E-state index is 0. The summed E-state index contributed by atoms with van der Waals surface area (Å²) in [5.41, 5.74) is 6.42. The molecule has 9 heteroatoms. The second kappa shape index (κ2) is 9.60. The second-order valence-corrected chi connectivity index (χ2v) is 4.38. The lowest BCUT2D eigenvalue weighted by atomic mass is 10.4. The molecule has 0 aliphatic rings. The molecule has 0 spiro atoms. The van der Waals surface area contributed by atoms with Gasteiger partial charge in [0.05, 0.1) is 6.20 Å². The van der Waals surface area contributed by atoms with Crippen LogP contribution in [0.3, 0.4) is 0 Å². The molecule has 6 nitrogen and oxygen atoms in total. The Labute approximate surface area is 133 Å². The van der Waals surface area contributed by atoms with Crippen molar-refractivity contribution in [2.45, 2.75) is 6.42 Å². The Morgan fingerprint density at radius 1 is 1.35 bits per heavy atom. The van der Waals surface area contributed by atoms with E-state index in [4.69, 9.17) is 5.73 Å². The number of hydrogen-bond acceptors (Lipinski definition) is 6. The van der Waals surface area contributed by atoms with Gasteiger partial charge in [0, 0.05) is 24.3 Å². The van der Waals surface area contributed by atoms with Crippen LogP contribution >= 0.6 is 36.2 Å². The van der Waals surface area contributed by atoms with Crippen LogP contribution in [-0.4, -0.2) is 33.9 Å². The van der Waals surface area contributed by atoms with Crippen LogP contribution in [0.1, 0.15) is 16.9 Å². The smallest absolute Gasteiger partial charge is 0.270 e. The summed E-state index contributed by atoms with van der Waals surface area (Å²) >= 11 is 1.37. The van der Waals surface area contributed by atoms with Gasteiger partial charge in [-0.15, -0.1) is 36.2 Å². The molecule has 0 unspecified atom stereocenters.